The van der Waals surface area contributed by atoms with E-state index < -0.39 is 0 Å². The van der Waals surface area contributed by atoms with Crippen molar-refractivity contribution in [3.63, 3.8) is 0 Å². The van der Waals surface area contributed by atoms with Crippen LogP contribution < -0.4 is 10.1 Å². The molecular formula is C22H33NO. The third-order valence-corrected chi connectivity index (χ3v) is 5.51. The fraction of sp³-hybridized carbons (Fsp3) is 0.636. The first-order valence-corrected chi connectivity index (χ1v) is 9.96. The zero-order valence-corrected chi connectivity index (χ0v) is 15.2. The predicted molar refractivity (Wildman–Crippen MR) is 101 cm³/mol. The van der Waals surface area contributed by atoms with E-state index in [1.165, 1.54) is 56.9 Å². The molecule has 1 N–H and O–H groups in total. The van der Waals surface area contributed by atoms with Gasteiger partial charge in [0.25, 0.3) is 0 Å². The zero-order valence-electron chi connectivity index (χ0n) is 15.2. The van der Waals surface area contributed by atoms with Crippen molar-refractivity contribution in [2.75, 3.05) is 0 Å². The molecule has 0 heterocycles. The number of nitrogens with one attached hydrogen (secondary N) is 1. The highest BCUT2D eigenvalue weighted by Crippen LogP contribution is 2.28. The fourth-order valence-electron chi connectivity index (χ4n) is 4.10. The molecule has 1 fully saturated rings. The molecule has 2 heteroatoms. The number of hydrogen-bond acceptors (Lipinski definition) is 2. The molecule has 0 aromatic heterocycles. The van der Waals surface area contributed by atoms with Crippen molar-refractivity contribution in [3.8, 4) is 5.75 Å². The normalized spacial score (nSPS) is 23.1. The van der Waals surface area contributed by atoms with E-state index >= 15 is 0 Å². The third-order valence-electron chi connectivity index (χ3n) is 5.51. The van der Waals surface area contributed by atoms with Crippen LogP contribution in [0.2, 0.25) is 0 Å². The largest absolute Gasteiger partial charge is 0.486 e. The predicted octanol–water partition coefficient (Wildman–Crippen LogP) is 5.62. The van der Waals surface area contributed by atoms with Crippen LogP contribution in [0.25, 0.3) is 0 Å². The molecule has 0 bridgehead atoms. The lowest BCUT2D eigenvalue weighted by atomic mass is 9.85. The zero-order chi connectivity index (χ0) is 16.6. The van der Waals surface area contributed by atoms with Gasteiger partial charge in [0, 0.05) is 18.2 Å². The van der Waals surface area contributed by atoms with Crippen LogP contribution in [0.3, 0.4) is 0 Å². The summed E-state index contributed by atoms with van der Waals surface area (Å²) in [5.74, 6) is 1.98. The van der Waals surface area contributed by atoms with Gasteiger partial charge in [-0.3, -0.25) is 0 Å². The van der Waals surface area contributed by atoms with Crippen molar-refractivity contribution in [3.05, 3.63) is 42.0 Å². The van der Waals surface area contributed by atoms with Crippen molar-refractivity contribution >= 4 is 0 Å². The number of para-hydroxylation sites is 1. The third kappa shape index (κ3) is 5.37. The van der Waals surface area contributed by atoms with Gasteiger partial charge in [-0.1, -0.05) is 56.4 Å². The smallest absolute Gasteiger partial charge is 0.124 e. The summed E-state index contributed by atoms with van der Waals surface area (Å²) in [5, 5.41) is 3.73. The van der Waals surface area contributed by atoms with Crippen molar-refractivity contribution in [1.82, 2.24) is 5.32 Å². The minimum atomic E-state index is 0.250. The van der Waals surface area contributed by atoms with Gasteiger partial charge < -0.3 is 10.1 Å². The second-order valence-electron chi connectivity index (χ2n) is 7.64. The van der Waals surface area contributed by atoms with E-state index in [1.807, 2.05) is 0 Å². The molecule has 1 saturated carbocycles. The Morgan fingerprint density at radius 1 is 1.08 bits per heavy atom. The van der Waals surface area contributed by atoms with Gasteiger partial charge in [-0.25, -0.2) is 0 Å². The summed E-state index contributed by atoms with van der Waals surface area (Å²) in [6, 6.07) is 9.09. The second-order valence-corrected chi connectivity index (χ2v) is 7.64. The minimum Gasteiger partial charge on any atom is -0.486 e. The van der Waals surface area contributed by atoms with Crippen LogP contribution in [0.4, 0.5) is 0 Å². The maximum Gasteiger partial charge on any atom is 0.124 e. The molecule has 0 amide bonds. The maximum atomic E-state index is 6.24. The summed E-state index contributed by atoms with van der Waals surface area (Å²) in [7, 11) is 0. The van der Waals surface area contributed by atoms with Gasteiger partial charge in [0.2, 0.25) is 0 Å². The maximum absolute atomic E-state index is 6.24. The molecule has 2 aliphatic rings. The van der Waals surface area contributed by atoms with Gasteiger partial charge in [-0.2, -0.15) is 0 Å². The van der Waals surface area contributed by atoms with Gasteiger partial charge in [0.1, 0.15) is 11.9 Å². The van der Waals surface area contributed by atoms with Crippen molar-refractivity contribution in [1.29, 1.82) is 0 Å². The molecular weight excluding hydrogens is 294 g/mol. The van der Waals surface area contributed by atoms with Crippen LogP contribution in [-0.4, -0.2) is 12.1 Å². The SMILES string of the molecule is C[C@@H](CC1CCCCC1)NCc1ccccc1OC1C=CCCC1. The average molecular weight is 328 g/mol. The molecule has 132 valence electrons. The van der Waals surface area contributed by atoms with Crippen molar-refractivity contribution < 1.29 is 4.74 Å². The summed E-state index contributed by atoms with van der Waals surface area (Å²) in [5.41, 5.74) is 1.28. The number of hydrogen-bond donors (Lipinski definition) is 1. The van der Waals surface area contributed by atoms with Gasteiger partial charge >= 0.3 is 0 Å². The lowest BCUT2D eigenvalue weighted by Gasteiger charge is -2.26. The first kappa shape index (κ1) is 17.5. The molecule has 24 heavy (non-hydrogen) atoms. The average Bonchev–Trinajstić information content (AvgIpc) is 2.63. The lowest BCUT2D eigenvalue weighted by Crippen LogP contribution is -2.29. The Kier molecular flexibility index (Phi) is 6.77. The van der Waals surface area contributed by atoms with Crippen LogP contribution in [-0.2, 0) is 6.54 Å². The first-order chi connectivity index (χ1) is 11.8. The molecule has 1 aromatic carbocycles. The molecule has 0 aliphatic heterocycles. The van der Waals surface area contributed by atoms with E-state index in [0.717, 1.165) is 24.6 Å². The Morgan fingerprint density at radius 2 is 1.92 bits per heavy atom. The minimum absolute atomic E-state index is 0.250. The van der Waals surface area contributed by atoms with E-state index in [4.69, 9.17) is 4.74 Å². The molecule has 2 aliphatic carbocycles. The van der Waals surface area contributed by atoms with Crippen LogP contribution in [0.1, 0.15) is 70.3 Å². The molecule has 1 aromatic rings. The molecule has 2 nitrogen and oxygen atoms in total. The van der Waals surface area contributed by atoms with Crippen LogP contribution in [0, 0.1) is 5.92 Å². The topological polar surface area (TPSA) is 21.3 Å². The summed E-state index contributed by atoms with van der Waals surface area (Å²) in [6.45, 7) is 3.24. The van der Waals surface area contributed by atoms with E-state index in [0.29, 0.717) is 6.04 Å². The van der Waals surface area contributed by atoms with Crippen LogP contribution in [0.5, 0.6) is 5.75 Å². The van der Waals surface area contributed by atoms with E-state index in [9.17, 15) is 0 Å². The highest BCUT2D eigenvalue weighted by molar-refractivity contribution is 5.33. The van der Waals surface area contributed by atoms with Gasteiger partial charge in [-0.05, 0) is 50.7 Å². The fourth-order valence-corrected chi connectivity index (χ4v) is 4.10. The standard InChI is InChI=1S/C22H33NO/c1-18(16-19-10-4-2-5-11-19)23-17-20-12-8-9-15-22(20)24-21-13-6-3-7-14-21/h6,8-9,12-13,15,18-19,21,23H,2-5,7,10-11,14,16-17H2,1H3/t18-,21?/m0/s1. The van der Waals surface area contributed by atoms with Gasteiger partial charge in [0.05, 0.1) is 0 Å². The highest BCUT2D eigenvalue weighted by atomic mass is 16.5. The Bertz CT molecular complexity index is 518. The van der Waals surface area contributed by atoms with Gasteiger partial charge in [0.15, 0.2) is 0 Å². The quantitative estimate of drug-likeness (QED) is 0.656. The van der Waals surface area contributed by atoms with E-state index in [2.05, 4.69) is 48.7 Å². The highest BCUT2D eigenvalue weighted by Gasteiger charge is 2.17. The number of ether oxygens (including phenoxy) is 1. The summed E-state index contributed by atoms with van der Waals surface area (Å²) in [4.78, 5) is 0. The van der Waals surface area contributed by atoms with E-state index in [-0.39, 0.29) is 6.10 Å². The van der Waals surface area contributed by atoms with Crippen LogP contribution >= 0.6 is 0 Å². The molecule has 1 unspecified atom stereocenters. The first-order valence-electron chi connectivity index (χ1n) is 9.96. The Hall–Kier alpha value is -1.28. The summed E-state index contributed by atoms with van der Waals surface area (Å²) < 4.78 is 6.24. The Morgan fingerprint density at radius 3 is 2.71 bits per heavy atom. The Balaban J connectivity index is 1.50. The molecule has 0 radical (unpaired) electrons. The second kappa shape index (κ2) is 9.27. The summed E-state index contributed by atoms with van der Waals surface area (Å²) >= 11 is 0. The molecule has 2 atom stereocenters. The Labute approximate surface area is 147 Å². The van der Waals surface area contributed by atoms with E-state index in [1.54, 1.807) is 0 Å². The van der Waals surface area contributed by atoms with Crippen LogP contribution in [0.15, 0.2) is 36.4 Å². The monoisotopic (exact) mass is 327 g/mol. The molecule has 0 saturated heterocycles. The van der Waals surface area contributed by atoms with Crippen molar-refractivity contribution in [2.45, 2.75) is 83.4 Å². The summed E-state index contributed by atoms with van der Waals surface area (Å²) in [6.07, 6.45) is 16.8. The van der Waals surface area contributed by atoms with Gasteiger partial charge in [-0.15, -0.1) is 0 Å². The molecule has 0 spiro atoms. The molecule has 3 rings (SSSR count). The number of benzene rings is 1. The number of allylic oxidation sites excluding steroid dienone is 1. The van der Waals surface area contributed by atoms with Crippen molar-refractivity contribution in [2.24, 2.45) is 5.92 Å². The lowest BCUT2D eigenvalue weighted by molar-refractivity contribution is 0.227. The number of rotatable bonds is 7.